The first-order chi connectivity index (χ1) is 8.57. The van der Waals surface area contributed by atoms with Crippen LogP contribution in [0.5, 0.6) is 0 Å². The van der Waals surface area contributed by atoms with Gasteiger partial charge in [0.15, 0.2) is 0 Å². The lowest BCUT2D eigenvalue weighted by Crippen LogP contribution is -2.36. The first-order valence-corrected chi connectivity index (χ1v) is 5.88. The minimum absolute atomic E-state index is 0.0201. The molecule has 1 aromatic heterocycles. The molecule has 5 nitrogen and oxygen atoms in total. The lowest BCUT2D eigenvalue weighted by Gasteiger charge is -2.17. The molecule has 0 unspecified atom stereocenters. The summed E-state index contributed by atoms with van der Waals surface area (Å²) in [6.07, 6.45) is 2.44. The van der Waals surface area contributed by atoms with Gasteiger partial charge in [-0.2, -0.15) is 0 Å². The number of hydrogen-bond donors (Lipinski definition) is 0. The molecule has 2 fully saturated rings. The Morgan fingerprint density at radius 1 is 1.39 bits per heavy atom. The van der Waals surface area contributed by atoms with Crippen molar-refractivity contribution in [3.8, 4) is 0 Å². The van der Waals surface area contributed by atoms with E-state index in [9.17, 15) is 14.0 Å². The standard InChI is InChI=1S/C12H13FN2O3/c13-12(3-4-12)8-14-7-10(16)15(11(14)17)6-9-2-1-5-18-9/h1-2,5H,3-4,6-8H2. The van der Waals surface area contributed by atoms with E-state index in [-0.39, 0.29) is 25.5 Å². The predicted octanol–water partition coefficient (Wildman–Crippen LogP) is 1.55. The molecule has 1 aliphatic heterocycles. The van der Waals surface area contributed by atoms with Crippen LogP contribution in [0.4, 0.5) is 9.18 Å². The Kier molecular flexibility index (Phi) is 2.39. The average Bonchev–Trinajstić information content (AvgIpc) is 2.76. The van der Waals surface area contributed by atoms with Crippen molar-refractivity contribution in [3.05, 3.63) is 24.2 Å². The van der Waals surface area contributed by atoms with Gasteiger partial charge in [0.2, 0.25) is 0 Å². The van der Waals surface area contributed by atoms with Crippen LogP contribution in [0.2, 0.25) is 0 Å². The van der Waals surface area contributed by atoms with Gasteiger partial charge in [-0.3, -0.25) is 9.69 Å². The smallest absolute Gasteiger partial charge is 0.327 e. The van der Waals surface area contributed by atoms with E-state index in [0.717, 1.165) is 4.90 Å². The highest BCUT2D eigenvalue weighted by Gasteiger charge is 2.48. The van der Waals surface area contributed by atoms with E-state index >= 15 is 0 Å². The quantitative estimate of drug-likeness (QED) is 0.764. The Morgan fingerprint density at radius 3 is 2.78 bits per heavy atom. The number of furan rings is 1. The summed E-state index contributed by atoms with van der Waals surface area (Å²) in [6, 6.07) is 2.96. The minimum Gasteiger partial charge on any atom is -0.467 e. The Balaban J connectivity index is 1.68. The topological polar surface area (TPSA) is 53.8 Å². The van der Waals surface area contributed by atoms with Gasteiger partial charge in [0, 0.05) is 0 Å². The number of alkyl halides is 1. The van der Waals surface area contributed by atoms with Gasteiger partial charge in [0.1, 0.15) is 18.0 Å². The van der Waals surface area contributed by atoms with Crippen LogP contribution >= 0.6 is 0 Å². The van der Waals surface area contributed by atoms with E-state index in [1.165, 1.54) is 11.2 Å². The maximum atomic E-state index is 13.6. The van der Waals surface area contributed by atoms with E-state index in [1.807, 2.05) is 0 Å². The van der Waals surface area contributed by atoms with Crippen LogP contribution in [0.15, 0.2) is 22.8 Å². The number of imide groups is 1. The van der Waals surface area contributed by atoms with Crippen molar-refractivity contribution >= 4 is 11.9 Å². The normalized spacial score (nSPS) is 21.8. The second kappa shape index (κ2) is 3.83. The summed E-state index contributed by atoms with van der Waals surface area (Å²) < 4.78 is 18.7. The minimum atomic E-state index is -1.27. The van der Waals surface area contributed by atoms with Gasteiger partial charge >= 0.3 is 6.03 Å². The van der Waals surface area contributed by atoms with E-state index in [2.05, 4.69) is 0 Å². The fourth-order valence-corrected chi connectivity index (χ4v) is 2.07. The summed E-state index contributed by atoms with van der Waals surface area (Å²) in [7, 11) is 0. The maximum Gasteiger partial charge on any atom is 0.327 e. The molecule has 3 amide bonds. The Labute approximate surface area is 103 Å². The third kappa shape index (κ3) is 1.98. The third-order valence-electron chi connectivity index (χ3n) is 3.29. The summed E-state index contributed by atoms with van der Waals surface area (Å²) in [4.78, 5) is 26.1. The zero-order valence-corrected chi connectivity index (χ0v) is 9.76. The molecular formula is C12H13FN2O3. The molecule has 0 bridgehead atoms. The van der Waals surface area contributed by atoms with Crippen LogP contribution in [0, 0.1) is 0 Å². The van der Waals surface area contributed by atoms with E-state index in [1.54, 1.807) is 12.1 Å². The van der Waals surface area contributed by atoms with Crippen molar-refractivity contribution in [1.29, 1.82) is 0 Å². The molecule has 18 heavy (non-hydrogen) atoms. The Bertz CT molecular complexity index is 482. The number of carbonyl (C=O) groups excluding carboxylic acids is 2. The number of halogens is 1. The number of urea groups is 1. The number of carbonyl (C=O) groups is 2. The predicted molar refractivity (Wildman–Crippen MR) is 59.3 cm³/mol. The zero-order valence-electron chi connectivity index (χ0n) is 9.76. The van der Waals surface area contributed by atoms with E-state index in [0.29, 0.717) is 18.6 Å². The zero-order chi connectivity index (χ0) is 12.8. The molecule has 1 saturated carbocycles. The summed E-state index contributed by atoms with van der Waals surface area (Å²) >= 11 is 0. The van der Waals surface area contributed by atoms with Crippen LogP contribution in [-0.4, -0.2) is 40.5 Å². The molecule has 0 aromatic carbocycles. The van der Waals surface area contributed by atoms with Gasteiger partial charge in [-0.1, -0.05) is 0 Å². The summed E-state index contributed by atoms with van der Waals surface area (Å²) in [5.74, 6) is 0.237. The summed E-state index contributed by atoms with van der Waals surface area (Å²) in [5, 5.41) is 0. The first kappa shape index (κ1) is 11.3. The third-order valence-corrected chi connectivity index (χ3v) is 3.29. The fraction of sp³-hybridized carbons (Fsp3) is 0.500. The summed E-state index contributed by atoms with van der Waals surface area (Å²) in [6.45, 7) is 0.0951. The molecule has 1 aromatic rings. The highest BCUT2D eigenvalue weighted by molar-refractivity contribution is 6.01. The number of hydrogen-bond acceptors (Lipinski definition) is 3. The molecular weight excluding hydrogens is 239 g/mol. The molecule has 6 heteroatoms. The Morgan fingerprint density at radius 2 is 2.17 bits per heavy atom. The number of amides is 3. The second-order valence-corrected chi connectivity index (χ2v) is 4.85. The monoisotopic (exact) mass is 252 g/mol. The molecule has 1 aliphatic carbocycles. The second-order valence-electron chi connectivity index (χ2n) is 4.85. The van der Waals surface area contributed by atoms with Crippen molar-refractivity contribution in [1.82, 2.24) is 9.80 Å². The van der Waals surface area contributed by atoms with E-state index in [4.69, 9.17) is 4.42 Å². The fourth-order valence-electron chi connectivity index (χ4n) is 2.07. The molecule has 3 rings (SSSR count). The highest BCUT2D eigenvalue weighted by atomic mass is 19.1. The molecule has 0 atom stereocenters. The summed E-state index contributed by atoms with van der Waals surface area (Å²) in [5.41, 5.74) is -1.27. The van der Waals surface area contributed by atoms with Crippen LogP contribution in [0.25, 0.3) is 0 Å². The highest BCUT2D eigenvalue weighted by Crippen LogP contribution is 2.41. The van der Waals surface area contributed by atoms with E-state index < -0.39 is 11.7 Å². The van der Waals surface area contributed by atoms with Gasteiger partial charge in [0.25, 0.3) is 5.91 Å². The number of nitrogens with zero attached hydrogens (tertiary/aromatic N) is 2. The van der Waals surface area contributed by atoms with Crippen molar-refractivity contribution in [2.45, 2.75) is 25.1 Å². The molecule has 0 spiro atoms. The molecule has 0 radical (unpaired) electrons. The van der Waals surface area contributed by atoms with Gasteiger partial charge in [-0.05, 0) is 25.0 Å². The van der Waals surface area contributed by atoms with Gasteiger partial charge in [-0.25, -0.2) is 9.18 Å². The maximum absolute atomic E-state index is 13.6. The molecule has 0 N–H and O–H groups in total. The van der Waals surface area contributed by atoms with Crippen LogP contribution < -0.4 is 0 Å². The molecule has 1 saturated heterocycles. The molecule has 2 heterocycles. The van der Waals surface area contributed by atoms with Gasteiger partial charge in [-0.15, -0.1) is 0 Å². The van der Waals surface area contributed by atoms with Crippen molar-refractivity contribution in [3.63, 3.8) is 0 Å². The van der Waals surface area contributed by atoms with Crippen LogP contribution in [-0.2, 0) is 11.3 Å². The van der Waals surface area contributed by atoms with Crippen molar-refractivity contribution in [2.75, 3.05) is 13.1 Å². The molecule has 2 aliphatic rings. The first-order valence-electron chi connectivity index (χ1n) is 5.88. The Hall–Kier alpha value is -1.85. The van der Waals surface area contributed by atoms with Gasteiger partial charge < -0.3 is 9.32 Å². The van der Waals surface area contributed by atoms with Gasteiger partial charge in [0.05, 0.1) is 19.4 Å². The van der Waals surface area contributed by atoms with Crippen LogP contribution in [0.3, 0.4) is 0 Å². The molecule has 96 valence electrons. The number of rotatable bonds is 4. The van der Waals surface area contributed by atoms with Crippen molar-refractivity contribution in [2.24, 2.45) is 0 Å². The lowest BCUT2D eigenvalue weighted by atomic mass is 10.3. The average molecular weight is 252 g/mol. The largest absolute Gasteiger partial charge is 0.467 e. The SMILES string of the molecule is O=C1CN(CC2(F)CC2)C(=O)N1Cc1ccco1. The van der Waals surface area contributed by atoms with Crippen LogP contribution in [0.1, 0.15) is 18.6 Å². The van der Waals surface area contributed by atoms with Crippen molar-refractivity contribution < 1.29 is 18.4 Å². The lowest BCUT2D eigenvalue weighted by molar-refractivity contribution is -0.125.